The largest absolute Gasteiger partial charge is 0.459 e. The summed E-state index contributed by atoms with van der Waals surface area (Å²) in [7, 11) is 0. The first kappa shape index (κ1) is 20.6. The number of hydrogen-bond acceptors (Lipinski definition) is 6. The van der Waals surface area contributed by atoms with E-state index in [2.05, 4.69) is 41.2 Å². The van der Waals surface area contributed by atoms with Gasteiger partial charge in [-0.15, -0.1) is 23.1 Å². The highest BCUT2D eigenvalue weighted by atomic mass is 32.2. The summed E-state index contributed by atoms with van der Waals surface area (Å²) in [6, 6.07) is 18.0. The fourth-order valence-corrected chi connectivity index (χ4v) is 5.29. The molecule has 0 amide bonds. The molecular weight excluding hydrogens is 412 g/mol. The van der Waals surface area contributed by atoms with Crippen LogP contribution < -0.4 is 0 Å². The molecule has 2 aromatic carbocycles. The van der Waals surface area contributed by atoms with Gasteiger partial charge in [0.2, 0.25) is 0 Å². The smallest absolute Gasteiger partial charge is 0.338 e. The summed E-state index contributed by atoms with van der Waals surface area (Å²) in [6.07, 6.45) is 1.52. The lowest BCUT2D eigenvalue weighted by Crippen LogP contribution is -2.11. The Labute approximate surface area is 184 Å². The number of carbonyl (C=O) groups excluding carboxylic acids is 1. The van der Waals surface area contributed by atoms with Crippen molar-refractivity contribution in [2.45, 2.75) is 37.7 Å². The molecule has 0 aliphatic heterocycles. The van der Waals surface area contributed by atoms with Crippen LogP contribution in [0.5, 0.6) is 0 Å². The third-order valence-electron chi connectivity index (χ3n) is 4.60. The minimum atomic E-state index is -0.289. The molecule has 2 aromatic heterocycles. The number of thiophene rings is 1. The standard InChI is InChI=1S/C24H22N2O2S2/c1-15(2)28-24(27)19-11-9-17(10-12-19)13-29-22-21-20(18-7-5-4-6-8-18)16(3)30-23(21)26-14-25-22/h4-12,14-15H,13H2,1-3H3. The Morgan fingerprint density at radius 1 is 1.07 bits per heavy atom. The Bertz CT molecular complexity index is 1170. The van der Waals surface area contributed by atoms with E-state index in [9.17, 15) is 4.79 Å². The number of rotatable bonds is 6. The molecule has 2 heterocycles. The second-order valence-corrected chi connectivity index (χ2v) is 9.37. The zero-order valence-corrected chi connectivity index (χ0v) is 18.7. The van der Waals surface area contributed by atoms with Crippen molar-refractivity contribution in [2.24, 2.45) is 0 Å². The van der Waals surface area contributed by atoms with Gasteiger partial charge in [-0.05, 0) is 44.0 Å². The normalized spacial score (nSPS) is 11.2. The molecule has 0 spiro atoms. The minimum Gasteiger partial charge on any atom is -0.459 e. The number of benzene rings is 2. The van der Waals surface area contributed by atoms with Crippen LogP contribution in [0.3, 0.4) is 0 Å². The number of aromatic nitrogens is 2. The first-order chi connectivity index (χ1) is 14.5. The van der Waals surface area contributed by atoms with Gasteiger partial charge in [-0.3, -0.25) is 0 Å². The topological polar surface area (TPSA) is 52.1 Å². The molecule has 152 valence electrons. The predicted molar refractivity (Wildman–Crippen MR) is 124 cm³/mol. The zero-order chi connectivity index (χ0) is 21.1. The maximum atomic E-state index is 12.0. The van der Waals surface area contributed by atoms with Gasteiger partial charge in [0.1, 0.15) is 16.2 Å². The Morgan fingerprint density at radius 2 is 1.80 bits per heavy atom. The van der Waals surface area contributed by atoms with Crippen molar-refractivity contribution in [3.63, 3.8) is 0 Å². The number of carbonyl (C=O) groups is 1. The summed E-state index contributed by atoms with van der Waals surface area (Å²) in [5.74, 6) is 0.470. The minimum absolute atomic E-state index is 0.124. The van der Waals surface area contributed by atoms with Gasteiger partial charge in [-0.25, -0.2) is 14.8 Å². The number of esters is 1. The number of fused-ring (bicyclic) bond motifs is 1. The highest BCUT2D eigenvalue weighted by molar-refractivity contribution is 7.98. The zero-order valence-electron chi connectivity index (χ0n) is 17.1. The molecule has 0 saturated heterocycles. The molecule has 0 bridgehead atoms. The summed E-state index contributed by atoms with van der Waals surface area (Å²) >= 11 is 3.39. The lowest BCUT2D eigenvalue weighted by Gasteiger charge is -2.09. The lowest BCUT2D eigenvalue weighted by atomic mass is 10.0. The van der Waals surface area contributed by atoms with Gasteiger partial charge >= 0.3 is 5.97 Å². The molecular formula is C24H22N2O2S2. The molecule has 0 atom stereocenters. The van der Waals surface area contributed by atoms with Gasteiger partial charge in [0.15, 0.2) is 0 Å². The second-order valence-electron chi connectivity index (χ2n) is 7.20. The Morgan fingerprint density at radius 3 is 2.50 bits per heavy atom. The summed E-state index contributed by atoms with van der Waals surface area (Å²) in [5, 5.41) is 2.10. The Balaban J connectivity index is 1.58. The molecule has 0 unspecified atom stereocenters. The van der Waals surface area contributed by atoms with Crippen LogP contribution in [0.15, 0.2) is 66.0 Å². The average Bonchev–Trinajstić information content (AvgIpc) is 3.09. The number of nitrogens with zero attached hydrogens (tertiary/aromatic N) is 2. The van der Waals surface area contributed by atoms with Crippen molar-refractivity contribution in [3.8, 4) is 11.1 Å². The summed E-state index contributed by atoms with van der Waals surface area (Å²) < 4.78 is 5.25. The molecule has 4 aromatic rings. The van der Waals surface area contributed by atoms with Gasteiger partial charge in [0.25, 0.3) is 0 Å². The number of aryl methyl sites for hydroxylation is 1. The van der Waals surface area contributed by atoms with E-state index < -0.39 is 0 Å². The molecule has 6 heteroatoms. The van der Waals surface area contributed by atoms with Crippen LogP contribution in [0, 0.1) is 6.92 Å². The highest BCUT2D eigenvalue weighted by Gasteiger charge is 2.17. The van der Waals surface area contributed by atoms with E-state index in [-0.39, 0.29) is 12.1 Å². The number of hydrogen-bond donors (Lipinski definition) is 0. The maximum absolute atomic E-state index is 12.0. The van der Waals surface area contributed by atoms with Crippen molar-refractivity contribution in [1.29, 1.82) is 0 Å². The maximum Gasteiger partial charge on any atom is 0.338 e. The second kappa shape index (κ2) is 8.98. The quantitative estimate of drug-likeness (QED) is 0.196. The van der Waals surface area contributed by atoms with Crippen LogP contribution in [-0.4, -0.2) is 22.0 Å². The van der Waals surface area contributed by atoms with Crippen molar-refractivity contribution in [1.82, 2.24) is 9.97 Å². The molecule has 30 heavy (non-hydrogen) atoms. The van der Waals surface area contributed by atoms with Crippen molar-refractivity contribution in [2.75, 3.05) is 0 Å². The van der Waals surface area contributed by atoms with Gasteiger partial charge in [0, 0.05) is 16.2 Å². The van der Waals surface area contributed by atoms with Crippen LogP contribution in [0.2, 0.25) is 0 Å². The van der Waals surface area contributed by atoms with E-state index in [0.717, 1.165) is 26.6 Å². The number of ether oxygens (including phenoxy) is 1. The third kappa shape index (κ3) is 4.40. The number of thioether (sulfide) groups is 1. The molecule has 0 N–H and O–H groups in total. The van der Waals surface area contributed by atoms with Crippen molar-refractivity contribution in [3.05, 3.63) is 76.9 Å². The van der Waals surface area contributed by atoms with Crippen LogP contribution in [0.25, 0.3) is 21.3 Å². The average molecular weight is 435 g/mol. The van der Waals surface area contributed by atoms with Gasteiger partial charge in [-0.2, -0.15) is 0 Å². The summed E-state index contributed by atoms with van der Waals surface area (Å²) in [5.41, 5.74) is 4.10. The third-order valence-corrected chi connectivity index (χ3v) is 6.67. The summed E-state index contributed by atoms with van der Waals surface area (Å²) in [4.78, 5) is 23.4. The van der Waals surface area contributed by atoms with E-state index in [1.165, 1.54) is 16.0 Å². The monoisotopic (exact) mass is 434 g/mol. The molecule has 4 nitrogen and oxygen atoms in total. The Kier molecular flexibility index (Phi) is 6.16. The van der Waals surface area contributed by atoms with Gasteiger partial charge in [-0.1, -0.05) is 42.5 Å². The van der Waals surface area contributed by atoms with Crippen molar-refractivity contribution >= 4 is 39.3 Å². The predicted octanol–water partition coefficient (Wildman–Crippen LogP) is 6.52. The van der Waals surface area contributed by atoms with E-state index >= 15 is 0 Å². The fourth-order valence-electron chi connectivity index (χ4n) is 3.25. The van der Waals surface area contributed by atoms with E-state index in [0.29, 0.717) is 5.56 Å². The Hall–Kier alpha value is -2.70. The molecule has 0 radical (unpaired) electrons. The summed E-state index contributed by atoms with van der Waals surface area (Å²) in [6.45, 7) is 5.83. The van der Waals surface area contributed by atoms with E-state index in [1.807, 2.05) is 44.2 Å². The van der Waals surface area contributed by atoms with Gasteiger partial charge in [0.05, 0.1) is 17.1 Å². The SMILES string of the molecule is Cc1sc2ncnc(SCc3ccc(C(=O)OC(C)C)cc3)c2c1-c1ccccc1. The van der Waals surface area contributed by atoms with Crippen LogP contribution >= 0.6 is 23.1 Å². The van der Waals surface area contributed by atoms with E-state index in [4.69, 9.17) is 4.74 Å². The molecule has 0 aliphatic rings. The molecule has 4 rings (SSSR count). The van der Waals surface area contributed by atoms with Crippen LogP contribution in [0.4, 0.5) is 0 Å². The lowest BCUT2D eigenvalue weighted by molar-refractivity contribution is 0.0378. The molecule has 0 fully saturated rings. The first-order valence-electron chi connectivity index (χ1n) is 9.75. The van der Waals surface area contributed by atoms with Gasteiger partial charge < -0.3 is 4.74 Å². The van der Waals surface area contributed by atoms with Crippen LogP contribution in [0.1, 0.15) is 34.6 Å². The van der Waals surface area contributed by atoms with Crippen LogP contribution in [-0.2, 0) is 10.5 Å². The first-order valence-corrected chi connectivity index (χ1v) is 11.6. The molecule has 0 saturated carbocycles. The fraction of sp³-hybridized carbons (Fsp3) is 0.208. The molecule has 0 aliphatic carbocycles. The van der Waals surface area contributed by atoms with Crippen molar-refractivity contribution < 1.29 is 9.53 Å². The highest BCUT2D eigenvalue weighted by Crippen LogP contribution is 2.41. The van der Waals surface area contributed by atoms with E-state index in [1.54, 1.807) is 29.4 Å².